The van der Waals surface area contributed by atoms with Crippen molar-refractivity contribution in [2.24, 2.45) is 0 Å². The van der Waals surface area contributed by atoms with Crippen LogP contribution in [0.1, 0.15) is 24.3 Å². The van der Waals surface area contributed by atoms with Gasteiger partial charge in [0.25, 0.3) is 5.91 Å². The molecular formula is C23H20ClN3O3. The van der Waals surface area contributed by atoms with Crippen molar-refractivity contribution >= 4 is 40.0 Å². The monoisotopic (exact) mass is 421 g/mol. The quantitative estimate of drug-likeness (QED) is 0.578. The molecule has 0 atom stereocenters. The van der Waals surface area contributed by atoms with E-state index in [-0.39, 0.29) is 24.6 Å². The minimum absolute atomic E-state index is 0.0501. The second-order valence-electron chi connectivity index (χ2n) is 7.81. The summed E-state index contributed by atoms with van der Waals surface area (Å²) in [4.78, 5) is 34.1. The number of carbonyl (C=O) groups is 2. The summed E-state index contributed by atoms with van der Waals surface area (Å²) in [6.45, 7) is 0.0501. The molecule has 3 amide bonds. The molecule has 1 saturated carbocycles. The van der Waals surface area contributed by atoms with E-state index in [4.69, 9.17) is 16.3 Å². The molecule has 1 spiro atoms. The molecule has 0 bridgehead atoms. The smallest absolute Gasteiger partial charge is 0.334 e. The van der Waals surface area contributed by atoms with E-state index in [2.05, 4.69) is 4.98 Å². The highest BCUT2D eigenvalue weighted by molar-refractivity contribution is 6.31. The van der Waals surface area contributed by atoms with Gasteiger partial charge in [-0.15, -0.1) is 0 Å². The molecule has 30 heavy (non-hydrogen) atoms. The van der Waals surface area contributed by atoms with Crippen molar-refractivity contribution in [2.75, 3.05) is 18.7 Å². The number of ether oxygens (including phenoxy) is 1. The Morgan fingerprint density at radius 1 is 1.10 bits per heavy atom. The van der Waals surface area contributed by atoms with Gasteiger partial charge in [-0.3, -0.25) is 14.7 Å². The van der Waals surface area contributed by atoms with Crippen molar-refractivity contribution in [3.63, 3.8) is 0 Å². The van der Waals surface area contributed by atoms with E-state index in [1.807, 2.05) is 48.5 Å². The van der Waals surface area contributed by atoms with E-state index in [0.717, 1.165) is 16.3 Å². The van der Waals surface area contributed by atoms with Crippen LogP contribution in [0.3, 0.4) is 0 Å². The largest absolute Gasteiger partial charge is 0.364 e. The maximum atomic E-state index is 13.7. The Morgan fingerprint density at radius 2 is 1.83 bits per heavy atom. The van der Waals surface area contributed by atoms with E-state index < -0.39 is 5.54 Å². The van der Waals surface area contributed by atoms with Crippen LogP contribution >= 0.6 is 11.6 Å². The molecule has 2 aromatic carbocycles. The van der Waals surface area contributed by atoms with Gasteiger partial charge in [0.1, 0.15) is 12.3 Å². The van der Waals surface area contributed by atoms with Crippen molar-refractivity contribution in [1.29, 1.82) is 0 Å². The topological polar surface area (TPSA) is 62.7 Å². The highest BCUT2D eigenvalue weighted by Gasteiger charge is 2.64. The first-order valence-corrected chi connectivity index (χ1v) is 10.2. The van der Waals surface area contributed by atoms with E-state index >= 15 is 0 Å². The first-order chi connectivity index (χ1) is 14.6. The normalized spacial score (nSPS) is 23.5. The highest BCUT2D eigenvalue weighted by Crippen LogP contribution is 2.54. The average Bonchev–Trinajstić information content (AvgIpc) is 2.94. The number of rotatable bonds is 4. The zero-order valence-corrected chi connectivity index (χ0v) is 17.2. The molecule has 7 heteroatoms. The van der Waals surface area contributed by atoms with Gasteiger partial charge < -0.3 is 4.74 Å². The predicted octanol–water partition coefficient (Wildman–Crippen LogP) is 4.58. The summed E-state index contributed by atoms with van der Waals surface area (Å²) in [5.74, 6) is -0.119. The number of hydrogen-bond acceptors (Lipinski definition) is 4. The van der Waals surface area contributed by atoms with E-state index in [1.54, 1.807) is 17.3 Å². The zero-order valence-electron chi connectivity index (χ0n) is 16.4. The Morgan fingerprint density at radius 3 is 2.60 bits per heavy atom. The molecule has 1 saturated heterocycles. The third-order valence-electron chi connectivity index (χ3n) is 6.20. The molecule has 2 heterocycles. The van der Waals surface area contributed by atoms with Crippen molar-refractivity contribution in [3.8, 4) is 0 Å². The SMILES string of the molecule is COCN1C(=O)N(c2cncc3ccccc23)C(=O)C12CC(c1ccccc1Cl)C2. The number of nitrogens with zero attached hydrogens (tertiary/aromatic N) is 3. The number of carbonyl (C=O) groups excluding carboxylic acids is 2. The fraction of sp³-hybridized carbons (Fsp3) is 0.261. The van der Waals surface area contributed by atoms with Gasteiger partial charge in [0.15, 0.2) is 0 Å². The third-order valence-corrected chi connectivity index (χ3v) is 6.54. The van der Waals surface area contributed by atoms with Gasteiger partial charge in [-0.1, -0.05) is 54.1 Å². The molecular weight excluding hydrogens is 402 g/mol. The summed E-state index contributed by atoms with van der Waals surface area (Å²) in [5, 5.41) is 2.37. The molecule has 1 aliphatic heterocycles. The maximum absolute atomic E-state index is 13.7. The molecule has 2 aliphatic rings. The summed E-state index contributed by atoms with van der Waals surface area (Å²) in [6.07, 6.45) is 4.33. The first kappa shape index (κ1) is 19.0. The minimum atomic E-state index is -0.923. The maximum Gasteiger partial charge on any atom is 0.334 e. The van der Waals surface area contributed by atoms with Gasteiger partial charge in [-0.05, 0) is 30.4 Å². The summed E-state index contributed by atoms with van der Waals surface area (Å²) in [7, 11) is 1.53. The number of benzene rings is 2. The number of aromatic nitrogens is 1. The number of methoxy groups -OCH3 is 1. The zero-order chi connectivity index (χ0) is 20.9. The van der Waals surface area contributed by atoms with Gasteiger partial charge in [-0.25, -0.2) is 9.69 Å². The van der Waals surface area contributed by atoms with Crippen LogP contribution < -0.4 is 4.90 Å². The summed E-state index contributed by atoms with van der Waals surface area (Å²) < 4.78 is 5.30. The van der Waals surface area contributed by atoms with E-state index in [1.165, 1.54) is 12.0 Å². The molecule has 1 aliphatic carbocycles. The molecule has 5 rings (SSSR count). The molecule has 3 aromatic rings. The summed E-state index contributed by atoms with van der Waals surface area (Å²) in [6, 6.07) is 14.9. The first-order valence-electron chi connectivity index (χ1n) is 9.79. The number of imide groups is 1. The molecule has 0 radical (unpaired) electrons. The fourth-order valence-corrected chi connectivity index (χ4v) is 4.98. The molecule has 0 N–H and O–H groups in total. The fourth-order valence-electron chi connectivity index (χ4n) is 4.69. The lowest BCUT2D eigenvalue weighted by atomic mass is 9.64. The van der Waals surface area contributed by atoms with Crippen LogP contribution in [0, 0.1) is 0 Å². The number of anilines is 1. The number of amides is 3. The molecule has 2 fully saturated rings. The van der Waals surface area contributed by atoms with Crippen molar-refractivity contribution in [1.82, 2.24) is 9.88 Å². The summed E-state index contributed by atoms with van der Waals surface area (Å²) >= 11 is 6.37. The van der Waals surface area contributed by atoms with Crippen LogP contribution in [-0.4, -0.2) is 41.2 Å². The second-order valence-corrected chi connectivity index (χ2v) is 8.21. The van der Waals surface area contributed by atoms with Crippen LogP contribution in [-0.2, 0) is 9.53 Å². The number of pyridine rings is 1. The molecule has 152 valence electrons. The van der Waals surface area contributed by atoms with Crippen molar-refractivity contribution in [2.45, 2.75) is 24.3 Å². The van der Waals surface area contributed by atoms with Crippen LogP contribution in [0.4, 0.5) is 10.5 Å². The Balaban J connectivity index is 1.54. The van der Waals surface area contributed by atoms with Gasteiger partial charge in [0.05, 0.1) is 11.9 Å². The Labute approximate surface area is 179 Å². The third kappa shape index (κ3) is 2.64. The lowest BCUT2D eigenvalue weighted by molar-refractivity contribution is -0.133. The lowest BCUT2D eigenvalue weighted by Gasteiger charge is -2.47. The summed E-state index contributed by atoms with van der Waals surface area (Å²) in [5.41, 5.74) is 0.586. The Hall–Kier alpha value is -2.96. The molecule has 1 aromatic heterocycles. The van der Waals surface area contributed by atoms with E-state index in [0.29, 0.717) is 23.6 Å². The molecule has 0 unspecified atom stereocenters. The number of urea groups is 1. The van der Waals surface area contributed by atoms with Crippen molar-refractivity contribution < 1.29 is 14.3 Å². The van der Waals surface area contributed by atoms with Gasteiger partial charge in [-0.2, -0.15) is 0 Å². The number of hydrogen-bond donors (Lipinski definition) is 0. The van der Waals surface area contributed by atoms with Crippen LogP contribution in [0.25, 0.3) is 10.8 Å². The highest BCUT2D eigenvalue weighted by atomic mass is 35.5. The average molecular weight is 422 g/mol. The molecule has 6 nitrogen and oxygen atoms in total. The van der Waals surface area contributed by atoms with Gasteiger partial charge >= 0.3 is 6.03 Å². The van der Waals surface area contributed by atoms with Gasteiger partial charge in [0.2, 0.25) is 0 Å². The van der Waals surface area contributed by atoms with Crippen molar-refractivity contribution in [3.05, 3.63) is 71.5 Å². The van der Waals surface area contributed by atoms with Gasteiger partial charge in [0, 0.05) is 29.1 Å². The standard InChI is InChI=1S/C23H20ClN3O3/c1-30-14-26-22(29)27(20-13-25-12-15-6-2-3-8-18(15)20)21(28)23(26)10-16(11-23)17-7-4-5-9-19(17)24/h2-9,12-13,16H,10-11,14H2,1H3. The van der Waals surface area contributed by atoms with Crippen LogP contribution in [0.2, 0.25) is 5.02 Å². The number of fused-ring (bicyclic) bond motifs is 1. The Bertz CT molecular complexity index is 1150. The van der Waals surface area contributed by atoms with Crippen LogP contribution in [0.5, 0.6) is 0 Å². The van der Waals surface area contributed by atoms with E-state index in [9.17, 15) is 9.59 Å². The number of halogens is 1. The predicted molar refractivity (Wildman–Crippen MR) is 114 cm³/mol. The second kappa shape index (κ2) is 7.07. The lowest BCUT2D eigenvalue weighted by Crippen LogP contribution is -2.58. The van der Waals surface area contributed by atoms with Crippen LogP contribution in [0.15, 0.2) is 60.9 Å². The Kier molecular flexibility index (Phi) is 4.49. The minimum Gasteiger partial charge on any atom is -0.364 e.